The van der Waals surface area contributed by atoms with Gasteiger partial charge in [0, 0.05) is 60.5 Å². The lowest BCUT2D eigenvalue weighted by atomic mass is 9.64. The summed E-state index contributed by atoms with van der Waals surface area (Å²) >= 11 is 0. The van der Waals surface area contributed by atoms with Crippen molar-refractivity contribution in [2.24, 2.45) is 0 Å². The van der Waals surface area contributed by atoms with Crippen molar-refractivity contribution in [3.8, 4) is 11.1 Å². The number of anilines is 2. The fourth-order valence-electron chi connectivity index (χ4n) is 6.72. The molecule has 2 bridgehead atoms. The molecule has 3 aromatic rings. The van der Waals surface area contributed by atoms with Crippen LogP contribution in [0.4, 0.5) is 11.5 Å². The first-order valence-electron chi connectivity index (χ1n) is 13.1. The zero-order valence-electron chi connectivity index (χ0n) is 21.4. The van der Waals surface area contributed by atoms with Gasteiger partial charge in [-0.05, 0) is 47.9 Å². The molecule has 1 aromatic carbocycles. The number of piperidine rings is 1. The van der Waals surface area contributed by atoms with Gasteiger partial charge in [-0.15, -0.1) is 0 Å². The van der Waals surface area contributed by atoms with E-state index in [1.165, 1.54) is 0 Å². The van der Waals surface area contributed by atoms with E-state index in [0.29, 0.717) is 23.5 Å². The number of aromatic nitrogens is 2. The molecule has 202 valence electrons. The van der Waals surface area contributed by atoms with Gasteiger partial charge in [-0.1, -0.05) is 12.5 Å². The van der Waals surface area contributed by atoms with Crippen LogP contribution in [0.1, 0.15) is 36.8 Å². The minimum atomic E-state index is -3.96. The van der Waals surface area contributed by atoms with Crippen LogP contribution in [-0.2, 0) is 35.6 Å². The Morgan fingerprint density at radius 1 is 1.15 bits per heavy atom. The van der Waals surface area contributed by atoms with Gasteiger partial charge in [0.2, 0.25) is 15.9 Å². The lowest BCUT2D eigenvalue weighted by Gasteiger charge is -2.49. The van der Waals surface area contributed by atoms with Crippen molar-refractivity contribution in [3.05, 3.63) is 47.8 Å². The molecule has 3 saturated heterocycles. The monoisotopic (exact) mass is 548 g/mol. The number of carbonyl (C=O) groups is 2. The van der Waals surface area contributed by atoms with Crippen LogP contribution in [0.25, 0.3) is 22.0 Å². The third-order valence-corrected chi connectivity index (χ3v) is 9.72. The summed E-state index contributed by atoms with van der Waals surface area (Å²) in [5.74, 6) is 0.333. The molecule has 2 unspecified atom stereocenters. The zero-order chi connectivity index (χ0) is 26.9. The second-order valence-corrected chi connectivity index (χ2v) is 12.7. The summed E-state index contributed by atoms with van der Waals surface area (Å²) < 4.78 is 25.4. The van der Waals surface area contributed by atoms with E-state index < -0.39 is 21.2 Å². The SMILES string of the molecule is CN1C(=O)C2(CCC2)c2c1cnc1ccc(-c3cnc(N4CC5CC(C4)N5)c(CS(=O)(=O)NOC=O)c3)cc21. The van der Waals surface area contributed by atoms with Gasteiger partial charge in [0.05, 0.1) is 28.6 Å². The van der Waals surface area contributed by atoms with Crippen molar-refractivity contribution in [1.29, 1.82) is 0 Å². The number of amides is 1. The molecule has 12 heteroatoms. The van der Waals surface area contributed by atoms with Gasteiger partial charge in [0.25, 0.3) is 0 Å². The minimum absolute atomic E-state index is 0.0373. The molecule has 11 nitrogen and oxygen atoms in total. The maximum atomic E-state index is 13.2. The highest BCUT2D eigenvalue weighted by Crippen LogP contribution is 2.55. The number of hydrogen-bond acceptors (Lipinski definition) is 9. The fourth-order valence-corrected chi connectivity index (χ4v) is 7.58. The Morgan fingerprint density at radius 2 is 1.92 bits per heavy atom. The summed E-state index contributed by atoms with van der Waals surface area (Å²) in [5.41, 5.74) is 4.33. The van der Waals surface area contributed by atoms with Crippen LogP contribution in [0.2, 0.25) is 0 Å². The number of rotatable bonds is 7. The predicted molar refractivity (Wildman–Crippen MR) is 144 cm³/mol. The molecule has 1 saturated carbocycles. The Bertz CT molecular complexity index is 1620. The number of nitrogens with one attached hydrogen (secondary N) is 2. The third-order valence-electron chi connectivity index (χ3n) is 8.68. The Balaban J connectivity index is 1.32. The van der Waals surface area contributed by atoms with E-state index in [1.54, 1.807) is 17.3 Å². The molecule has 4 fully saturated rings. The number of sulfonamides is 1. The van der Waals surface area contributed by atoms with Crippen LogP contribution in [0, 0.1) is 0 Å². The van der Waals surface area contributed by atoms with E-state index in [2.05, 4.69) is 20.0 Å². The molecular weight excluding hydrogens is 520 g/mol. The molecule has 2 N–H and O–H groups in total. The van der Waals surface area contributed by atoms with Crippen LogP contribution >= 0.6 is 0 Å². The summed E-state index contributed by atoms with van der Waals surface area (Å²) in [7, 11) is -2.16. The van der Waals surface area contributed by atoms with Gasteiger partial charge < -0.3 is 20.0 Å². The molecule has 5 aliphatic rings. The number of carbonyl (C=O) groups excluding carboxylic acids is 2. The summed E-state index contributed by atoms with van der Waals surface area (Å²) in [6.45, 7) is 1.52. The molecule has 39 heavy (non-hydrogen) atoms. The van der Waals surface area contributed by atoms with Crippen molar-refractivity contribution < 1.29 is 22.8 Å². The van der Waals surface area contributed by atoms with Crippen molar-refractivity contribution in [2.45, 2.75) is 48.9 Å². The Morgan fingerprint density at radius 3 is 2.62 bits per heavy atom. The van der Waals surface area contributed by atoms with Crippen LogP contribution in [0.15, 0.2) is 36.7 Å². The smallest absolute Gasteiger partial charge is 0.314 e. The largest absolute Gasteiger partial charge is 0.359 e. The molecule has 4 aliphatic heterocycles. The number of nitrogens with zero attached hydrogens (tertiary/aromatic N) is 4. The van der Waals surface area contributed by atoms with Gasteiger partial charge in [-0.3, -0.25) is 14.6 Å². The molecule has 1 aliphatic carbocycles. The highest BCUT2D eigenvalue weighted by Gasteiger charge is 2.54. The Kier molecular flexibility index (Phi) is 5.45. The lowest BCUT2D eigenvalue weighted by Crippen LogP contribution is -2.67. The number of likely N-dealkylation sites (N-methyl/N-ethyl adjacent to an activating group) is 1. The van der Waals surface area contributed by atoms with Gasteiger partial charge in [-0.2, -0.15) is 0 Å². The van der Waals surface area contributed by atoms with Crippen LogP contribution < -0.4 is 20.0 Å². The number of pyridine rings is 2. The maximum Gasteiger partial charge on any atom is 0.314 e. The summed E-state index contributed by atoms with van der Waals surface area (Å²) in [5, 5.41) is 4.41. The van der Waals surface area contributed by atoms with Crippen molar-refractivity contribution in [2.75, 3.05) is 29.9 Å². The average molecular weight is 549 g/mol. The second kappa shape index (κ2) is 8.70. The number of hydrogen-bond donors (Lipinski definition) is 2. The van der Waals surface area contributed by atoms with Gasteiger partial charge in [0.1, 0.15) is 5.82 Å². The molecule has 8 rings (SSSR count). The molecule has 1 spiro atoms. The highest BCUT2D eigenvalue weighted by molar-refractivity contribution is 7.88. The van der Waals surface area contributed by atoms with E-state index in [-0.39, 0.29) is 12.4 Å². The topological polar surface area (TPSA) is 134 Å². The lowest BCUT2D eigenvalue weighted by molar-refractivity contribution is -0.131. The molecule has 0 radical (unpaired) electrons. The standard InChI is InChI=1S/C27H28N6O5S/c1-32-23-11-28-22-4-3-16(8-21(22)24(23)27(26(32)35)5-2-6-27)17-7-18(14-39(36,37)31-38-15-34)25(29-10-17)33-12-19-9-20(13-33)30-19/h3-4,7-8,10-11,15,19-20,30-31H,2,5-6,9,12-14H2,1H3. The number of fused-ring (bicyclic) bond motifs is 6. The van der Waals surface area contributed by atoms with E-state index >= 15 is 0 Å². The highest BCUT2D eigenvalue weighted by atomic mass is 32.2. The second-order valence-electron chi connectivity index (χ2n) is 11.0. The van der Waals surface area contributed by atoms with E-state index in [1.807, 2.05) is 36.2 Å². The van der Waals surface area contributed by atoms with Crippen molar-refractivity contribution in [3.63, 3.8) is 0 Å². The first kappa shape index (κ1) is 24.4. The van der Waals surface area contributed by atoms with E-state index in [0.717, 1.165) is 72.1 Å². The predicted octanol–water partition coefficient (Wildman–Crippen LogP) is 1.75. The van der Waals surface area contributed by atoms with Gasteiger partial charge >= 0.3 is 6.47 Å². The van der Waals surface area contributed by atoms with Gasteiger partial charge in [-0.25, -0.2) is 13.4 Å². The van der Waals surface area contributed by atoms with Gasteiger partial charge in [0.15, 0.2) is 0 Å². The molecule has 6 heterocycles. The molecule has 2 aromatic heterocycles. The average Bonchev–Trinajstić information content (AvgIpc) is 3.13. The summed E-state index contributed by atoms with van der Waals surface area (Å²) in [4.78, 5) is 43.2. The summed E-state index contributed by atoms with van der Waals surface area (Å²) in [6, 6.07) is 8.48. The fraction of sp³-hybridized carbons (Fsp3) is 0.407. The first-order valence-corrected chi connectivity index (χ1v) is 14.7. The first-order chi connectivity index (χ1) is 18.8. The van der Waals surface area contributed by atoms with E-state index in [9.17, 15) is 18.0 Å². The van der Waals surface area contributed by atoms with E-state index in [4.69, 9.17) is 4.98 Å². The maximum absolute atomic E-state index is 13.2. The number of piperazine rings is 1. The third kappa shape index (κ3) is 3.80. The normalized spacial score (nSPS) is 22.9. The quantitative estimate of drug-likeness (QED) is 0.335. The van der Waals surface area contributed by atoms with Crippen LogP contribution in [-0.4, -0.2) is 63.0 Å². The summed E-state index contributed by atoms with van der Waals surface area (Å²) in [6.07, 6.45) is 7.32. The molecular formula is C27H28N6O5S. The van der Waals surface area contributed by atoms with Crippen molar-refractivity contribution in [1.82, 2.24) is 20.2 Å². The minimum Gasteiger partial charge on any atom is -0.359 e. The Labute approximate surface area is 225 Å². The van der Waals surface area contributed by atoms with Crippen LogP contribution in [0.3, 0.4) is 0 Å². The number of benzene rings is 1. The molecule has 2 atom stereocenters. The molecule has 1 amide bonds. The zero-order valence-corrected chi connectivity index (χ0v) is 22.2. The van der Waals surface area contributed by atoms with Crippen LogP contribution in [0.5, 0.6) is 0 Å². The van der Waals surface area contributed by atoms with Crippen molar-refractivity contribution >= 4 is 44.8 Å². The Hall–Kier alpha value is -3.61.